The van der Waals surface area contributed by atoms with Crippen molar-refractivity contribution in [1.29, 1.82) is 0 Å². The molecule has 20 heavy (non-hydrogen) atoms. The second-order valence-electron chi connectivity index (χ2n) is 4.95. The summed E-state index contributed by atoms with van der Waals surface area (Å²) in [5.41, 5.74) is 1.01. The van der Waals surface area contributed by atoms with Crippen molar-refractivity contribution in [2.75, 3.05) is 13.6 Å². The van der Waals surface area contributed by atoms with Crippen LogP contribution in [-0.2, 0) is 19.6 Å². The van der Waals surface area contributed by atoms with Gasteiger partial charge in [0, 0.05) is 29.4 Å². The summed E-state index contributed by atoms with van der Waals surface area (Å²) in [4.78, 5) is 4.91. The highest BCUT2D eigenvalue weighted by Gasteiger charge is 2.05. The quantitative estimate of drug-likeness (QED) is 0.838. The summed E-state index contributed by atoms with van der Waals surface area (Å²) < 4.78 is 13.1. The number of thiophene rings is 1. The lowest BCUT2D eigenvalue weighted by Gasteiger charge is -2.15. The first-order valence-electron chi connectivity index (χ1n) is 6.88. The van der Waals surface area contributed by atoms with Crippen LogP contribution in [0.3, 0.4) is 0 Å². The van der Waals surface area contributed by atoms with Crippen molar-refractivity contribution in [3.8, 4) is 0 Å². The van der Waals surface area contributed by atoms with Gasteiger partial charge in [-0.05, 0) is 43.4 Å². The molecule has 0 fully saturated rings. The first-order chi connectivity index (χ1) is 9.67. The standard InChI is InChI=1S/C16H21FN2S/c1-3-18-10-15-7-8-16(20-15)12-19(2)11-13-5-4-6-14(17)9-13/h4-9,18H,3,10-12H2,1-2H3. The second kappa shape index (κ2) is 7.53. The minimum absolute atomic E-state index is 0.167. The molecular formula is C16H21FN2S. The highest BCUT2D eigenvalue weighted by atomic mass is 32.1. The van der Waals surface area contributed by atoms with Gasteiger partial charge in [0.05, 0.1) is 0 Å². The van der Waals surface area contributed by atoms with E-state index < -0.39 is 0 Å². The molecule has 0 amide bonds. The van der Waals surface area contributed by atoms with Gasteiger partial charge in [0.1, 0.15) is 5.82 Å². The van der Waals surface area contributed by atoms with Gasteiger partial charge in [-0.3, -0.25) is 4.90 Å². The Balaban J connectivity index is 1.87. The Morgan fingerprint density at radius 1 is 1.15 bits per heavy atom. The van der Waals surface area contributed by atoms with Gasteiger partial charge in [-0.15, -0.1) is 11.3 Å². The Bertz CT molecular complexity index is 539. The number of benzene rings is 1. The van der Waals surface area contributed by atoms with E-state index in [0.717, 1.165) is 31.7 Å². The van der Waals surface area contributed by atoms with Crippen LogP contribution in [0.2, 0.25) is 0 Å². The van der Waals surface area contributed by atoms with E-state index in [1.54, 1.807) is 12.1 Å². The number of rotatable bonds is 7. The number of nitrogens with one attached hydrogen (secondary N) is 1. The molecule has 0 radical (unpaired) electrons. The molecule has 1 aromatic carbocycles. The summed E-state index contributed by atoms with van der Waals surface area (Å²) in [6, 6.07) is 11.2. The van der Waals surface area contributed by atoms with Crippen molar-refractivity contribution in [2.45, 2.75) is 26.6 Å². The molecule has 0 atom stereocenters. The third-order valence-electron chi connectivity index (χ3n) is 3.03. The molecule has 0 saturated heterocycles. The number of halogens is 1. The van der Waals surface area contributed by atoms with Crippen molar-refractivity contribution in [3.05, 3.63) is 57.5 Å². The van der Waals surface area contributed by atoms with Crippen LogP contribution >= 0.6 is 11.3 Å². The molecule has 0 aliphatic rings. The first-order valence-corrected chi connectivity index (χ1v) is 7.70. The van der Waals surface area contributed by atoms with Gasteiger partial charge < -0.3 is 5.32 Å². The minimum Gasteiger partial charge on any atom is -0.312 e. The highest BCUT2D eigenvalue weighted by molar-refractivity contribution is 7.11. The normalized spacial score (nSPS) is 11.2. The molecule has 0 spiro atoms. The fourth-order valence-electron chi connectivity index (χ4n) is 2.12. The Hall–Kier alpha value is -1.23. The lowest BCUT2D eigenvalue weighted by Crippen LogP contribution is -2.16. The Morgan fingerprint density at radius 2 is 1.95 bits per heavy atom. The molecule has 4 heteroatoms. The summed E-state index contributed by atoms with van der Waals surface area (Å²) in [5.74, 6) is -0.167. The first kappa shape index (κ1) is 15.2. The van der Waals surface area contributed by atoms with Gasteiger partial charge in [0.25, 0.3) is 0 Å². The topological polar surface area (TPSA) is 15.3 Å². The van der Waals surface area contributed by atoms with Gasteiger partial charge in [0.2, 0.25) is 0 Å². The van der Waals surface area contributed by atoms with E-state index in [1.165, 1.54) is 15.8 Å². The van der Waals surface area contributed by atoms with Gasteiger partial charge in [-0.25, -0.2) is 4.39 Å². The average molecular weight is 292 g/mol. The van der Waals surface area contributed by atoms with Crippen molar-refractivity contribution in [2.24, 2.45) is 0 Å². The number of nitrogens with zero attached hydrogens (tertiary/aromatic N) is 1. The molecule has 2 rings (SSSR count). The molecular weight excluding hydrogens is 271 g/mol. The van der Waals surface area contributed by atoms with Crippen LogP contribution in [0.4, 0.5) is 4.39 Å². The third kappa shape index (κ3) is 4.71. The zero-order valence-corrected chi connectivity index (χ0v) is 12.8. The predicted molar refractivity (Wildman–Crippen MR) is 83.3 cm³/mol. The lowest BCUT2D eigenvalue weighted by molar-refractivity contribution is 0.321. The van der Waals surface area contributed by atoms with Gasteiger partial charge in [-0.1, -0.05) is 19.1 Å². The Kier molecular flexibility index (Phi) is 5.71. The van der Waals surface area contributed by atoms with Crippen LogP contribution in [0.5, 0.6) is 0 Å². The van der Waals surface area contributed by atoms with Crippen LogP contribution in [0.1, 0.15) is 22.2 Å². The molecule has 1 aromatic heterocycles. The maximum absolute atomic E-state index is 13.1. The molecule has 1 heterocycles. The van der Waals surface area contributed by atoms with Gasteiger partial charge in [0.15, 0.2) is 0 Å². The minimum atomic E-state index is -0.167. The maximum Gasteiger partial charge on any atom is 0.123 e. The number of hydrogen-bond donors (Lipinski definition) is 1. The van der Waals surface area contributed by atoms with Crippen LogP contribution in [-0.4, -0.2) is 18.5 Å². The summed E-state index contributed by atoms with van der Waals surface area (Å²) in [7, 11) is 2.06. The molecule has 0 aliphatic carbocycles. The zero-order chi connectivity index (χ0) is 14.4. The van der Waals surface area contributed by atoms with Gasteiger partial charge in [-0.2, -0.15) is 0 Å². The lowest BCUT2D eigenvalue weighted by atomic mass is 10.2. The molecule has 0 saturated carbocycles. The highest BCUT2D eigenvalue weighted by Crippen LogP contribution is 2.18. The van der Waals surface area contributed by atoms with Crippen LogP contribution < -0.4 is 5.32 Å². The predicted octanol–water partition coefficient (Wildman–Crippen LogP) is 3.63. The molecule has 108 valence electrons. The summed E-state index contributed by atoms with van der Waals surface area (Å²) in [6.45, 7) is 5.70. The van der Waals surface area contributed by atoms with Crippen molar-refractivity contribution < 1.29 is 4.39 Å². The fourth-order valence-corrected chi connectivity index (χ4v) is 3.19. The van der Waals surface area contributed by atoms with E-state index in [1.807, 2.05) is 17.4 Å². The molecule has 0 aliphatic heterocycles. The van der Waals surface area contributed by atoms with E-state index in [2.05, 4.69) is 36.3 Å². The van der Waals surface area contributed by atoms with Crippen molar-refractivity contribution in [1.82, 2.24) is 10.2 Å². The number of hydrogen-bond acceptors (Lipinski definition) is 3. The van der Waals surface area contributed by atoms with Gasteiger partial charge >= 0.3 is 0 Å². The van der Waals surface area contributed by atoms with Crippen molar-refractivity contribution in [3.63, 3.8) is 0 Å². The fraction of sp³-hybridized carbons (Fsp3) is 0.375. The molecule has 0 unspecified atom stereocenters. The second-order valence-corrected chi connectivity index (χ2v) is 6.20. The largest absolute Gasteiger partial charge is 0.312 e. The van der Waals surface area contributed by atoms with Crippen LogP contribution in [0, 0.1) is 5.82 Å². The van der Waals surface area contributed by atoms with Crippen LogP contribution in [0.15, 0.2) is 36.4 Å². The zero-order valence-electron chi connectivity index (χ0n) is 12.0. The summed E-state index contributed by atoms with van der Waals surface area (Å²) in [5, 5.41) is 3.33. The van der Waals surface area contributed by atoms with E-state index in [9.17, 15) is 4.39 Å². The van der Waals surface area contributed by atoms with E-state index in [-0.39, 0.29) is 5.82 Å². The monoisotopic (exact) mass is 292 g/mol. The Morgan fingerprint density at radius 3 is 2.70 bits per heavy atom. The third-order valence-corrected chi connectivity index (χ3v) is 4.10. The maximum atomic E-state index is 13.1. The van der Waals surface area contributed by atoms with Crippen LogP contribution in [0.25, 0.3) is 0 Å². The molecule has 1 N–H and O–H groups in total. The Labute approximate surface area is 124 Å². The smallest absolute Gasteiger partial charge is 0.123 e. The van der Waals surface area contributed by atoms with E-state index in [0.29, 0.717) is 0 Å². The summed E-state index contributed by atoms with van der Waals surface area (Å²) in [6.07, 6.45) is 0. The van der Waals surface area contributed by atoms with E-state index in [4.69, 9.17) is 0 Å². The molecule has 2 aromatic rings. The SMILES string of the molecule is CCNCc1ccc(CN(C)Cc2cccc(F)c2)s1. The van der Waals surface area contributed by atoms with E-state index >= 15 is 0 Å². The average Bonchev–Trinajstić information content (AvgIpc) is 2.83. The summed E-state index contributed by atoms with van der Waals surface area (Å²) >= 11 is 1.84. The van der Waals surface area contributed by atoms with Crippen molar-refractivity contribution >= 4 is 11.3 Å². The molecule has 0 bridgehead atoms. The molecule has 2 nitrogen and oxygen atoms in total.